The maximum Gasteiger partial charge on any atom is 0.334 e. The smallest absolute Gasteiger partial charge is 0.334 e. The first-order valence-electron chi connectivity index (χ1n) is 4.41. The highest BCUT2D eigenvalue weighted by Crippen LogP contribution is 2.06. The number of hydrogen-bond donors (Lipinski definition) is 2. The number of carbonyl (C=O) groups excluding carboxylic acids is 1. The van der Waals surface area contributed by atoms with E-state index >= 15 is 0 Å². The number of ether oxygens (including phenoxy) is 1. The summed E-state index contributed by atoms with van der Waals surface area (Å²) in [6.07, 6.45) is -0.925. The lowest BCUT2D eigenvalue weighted by Gasteiger charge is -2.31. The third-order valence-corrected chi connectivity index (χ3v) is 2.04. The van der Waals surface area contributed by atoms with Crippen molar-refractivity contribution < 1.29 is 19.4 Å². The molecule has 0 saturated carbocycles. The maximum atomic E-state index is 11.4. The fourth-order valence-electron chi connectivity index (χ4n) is 1.29. The second kappa shape index (κ2) is 4.39. The molecule has 0 aromatic rings. The fourth-order valence-corrected chi connectivity index (χ4v) is 1.29. The average molecular weight is 202 g/mol. The molecule has 2 atom stereocenters. The Morgan fingerprint density at radius 1 is 1.64 bits per heavy atom. The summed E-state index contributed by atoms with van der Waals surface area (Å²) in [5.41, 5.74) is 5.41. The van der Waals surface area contributed by atoms with Crippen LogP contribution in [0.3, 0.4) is 0 Å². The van der Waals surface area contributed by atoms with Crippen LogP contribution in [0.4, 0.5) is 0 Å². The van der Waals surface area contributed by atoms with Gasteiger partial charge in [0.05, 0.1) is 19.2 Å². The molecule has 1 rings (SSSR count). The van der Waals surface area contributed by atoms with E-state index in [1.54, 1.807) is 6.92 Å². The topological polar surface area (TPSA) is 92.9 Å². The Morgan fingerprint density at radius 3 is 2.79 bits per heavy atom. The molecule has 1 aliphatic rings. The van der Waals surface area contributed by atoms with Crippen molar-refractivity contribution in [1.29, 1.82) is 0 Å². The van der Waals surface area contributed by atoms with Crippen molar-refractivity contribution in [2.24, 2.45) is 5.73 Å². The van der Waals surface area contributed by atoms with Gasteiger partial charge in [-0.1, -0.05) is 0 Å². The molecule has 1 aliphatic heterocycles. The quantitative estimate of drug-likeness (QED) is 0.577. The molecule has 0 aromatic carbocycles. The number of carboxylic acid groups (broad SMARTS) is 1. The number of nitrogens with zero attached hydrogens (tertiary/aromatic N) is 1. The molecule has 80 valence electrons. The van der Waals surface area contributed by atoms with Crippen LogP contribution in [0.25, 0.3) is 0 Å². The summed E-state index contributed by atoms with van der Waals surface area (Å²) in [4.78, 5) is 23.4. The van der Waals surface area contributed by atoms with Crippen LogP contribution < -0.4 is 5.73 Å². The number of carbonyl (C=O) groups is 2. The van der Waals surface area contributed by atoms with E-state index in [1.165, 1.54) is 4.90 Å². The zero-order chi connectivity index (χ0) is 10.7. The van der Waals surface area contributed by atoms with Gasteiger partial charge in [-0.2, -0.15) is 0 Å². The minimum Gasteiger partial charge on any atom is -0.479 e. The van der Waals surface area contributed by atoms with Gasteiger partial charge in [0.2, 0.25) is 5.91 Å². The number of nitrogens with two attached hydrogens (primary N) is 1. The van der Waals surface area contributed by atoms with Gasteiger partial charge < -0.3 is 20.5 Å². The molecule has 1 fully saturated rings. The van der Waals surface area contributed by atoms with E-state index in [-0.39, 0.29) is 19.1 Å². The zero-order valence-corrected chi connectivity index (χ0v) is 7.97. The number of amides is 1. The van der Waals surface area contributed by atoms with E-state index in [2.05, 4.69) is 0 Å². The highest BCUT2D eigenvalue weighted by Gasteiger charge is 2.29. The van der Waals surface area contributed by atoms with Crippen LogP contribution in [-0.4, -0.2) is 53.7 Å². The maximum absolute atomic E-state index is 11.4. The third kappa shape index (κ3) is 2.43. The Kier molecular flexibility index (Phi) is 3.43. The lowest BCUT2D eigenvalue weighted by molar-refractivity contribution is -0.159. The molecule has 6 heteroatoms. The van der Waals surface area contributed by atoms with Gasteiger partial charge in [0.15, 0.2) is 6.10 Å². The van der Waals surface area contributed by atoms with Crippen molar-refractivity contribution in [1.82, 2.24) is 4.90 Å². The largest absolute Gasteiger partial charge is 0.479 e. The standard InChI is InChI=1S/C8H14N2O4/c1-5(9)7(11)10-2-3-14-6(4-10)8(12)13/h5-6H,2-4,9H2,1H3,(H,12,13)/t5-,6?/m0/s1. The monoisotopic (exact) mass is 202 g/mol. The van der Waals surface area contributed by atoms with Crippen LogP contribution in [0.15, 0.2) is 0 Å². The van der Waals surface area contributed by atoms with E-state index in [1.807, 2.05) is 0 Å². The minimum atomic E-state index is -1.05. The summed E-state index contributed by atoms with van der Waals surface area (Å²) in [6, 6.07) is -0.595. The van der Waals surface area contributed by atoms with E-state index < -0.39 is 18.1 Å². The normalized spacial score (nSPS) is 24.4. The van der Waals surface area contributed by atoms with Crippen molar-refractivity contribution in [3.63, 3.8) is 0 Å². The van der Waals surface area contributed by atoms with E-state index in [4.69, 9.17) is 15.6 Å². The van der Waals surface area contributed by atoms with Crippen LogP contribution in [0.1, 0.15) is 6.92 Å². The molecule has 1 unspecified atom stereocenters. The van der Waals surface area contributed by atoms with Gasteiger partial charge in [0, 0.05) is 6.54 Å². The minimum absolute atomic E-state index is 0.0791. The summed E-state index contributed by atoms with van der Waals surface area (Å²) >= 11 is 0. The third-order valence-electron chi connectivity index (χ3n) is 2.04. The van der Waals surface area contributed by atoms with Crippen LogP contribution in [-0.2, 0) is 14.3 Å². The lowest BCUT2D eigenvalue weighted by Crippen LogP contribution is -2.52. The molecule has 3 N–H and O–H groups in total. The Hall–Kier alpha value is -1.14. The Labute approximate surface area is 81.6 Å². The van der Waals surface area contributed by atoms with Crippen LogP contribution in [0.2, 0.25) is 0 Å². The molecule has 1 amide bonds. The zero-order valence-electron chi connectivity index (χ0n) is 7.97. The van der Waals surface area contributed by atoms with E-state index in [9.17, 15) is 9.59 Å². The summed E-state index contributed by atoms with van der Waals surface area (Å²) in [5, 5.41) is 8.68. The Bertz CT molecular complexity index is 241. The van der Waals surface area contributed by atoms with Crippen molar-refractivity contribution in [3.8, 4) is 0 Å². The molecule has 0 radical (unpaired) electrons. The highest BCUT2D eigenvalue weighted by molar-refractivity contribution is 5.82. The predicted octanol–water partition coefficient (Wildman–Crippen LogP) is -1.35. The van der Waals surface area contributed by atoms with Crippen molar-refractivity contribution in [2.45, 2.75) is 19.1 Å². The number of morpholine rings is 1. The summed E-state index contributed by atoms with van der Waals surface area (Å²) in [7, 11) is 0. The lowest BCUT2D eigenvalue weighted by atomic mass is 10.2. The predicted molar refractivity (Wildman–Crippen MR) is 47.6 cm³/mol. The Balaban J connectivity index is 2.56. The van der Waals surface area contributed by atoms with Crippen LogP contribution >= 0.6 is 0 Å². The summed E-state index contributed by atoms with van der Waals surface area (Å²) in [5.74, 6) is -1.29. The van der Waals surface area contributed by atoms with Gasteiger partial charge in [-0.15, -0.1) is 0 Å². The highest BCUT2D eigenvalue weighted by atomic mass is 16.5. The van der Waals surface area contributed by atoms with Gasteiger partial charge in [-0.05, 0) is 6.92 Å². The molecule has 1 saturated heterocycles. The van der Waals surface area contributed by atoms with Gasteiger partial charge >= 0.3 is 5.97 Å². The van der Waals surface area contributed by atoms with E-state index in [0.717, 1.165) is 0 Å². The molecule has 1 heterocycles. The van der Waals surface area contributed by atoms with Gasteiger partial charge in [0.1, 0.15) is 0 Å². The van der Waals surface area contributed by atoms with Crippen molar-refractivity contribution >= 4 is 11.9 Å². The molecule has 0 aliphatic carbocycles. The molecular formula is C8H14N2O4. The average Bonchev–Trinajstić information content (AvgIpc) is 2.16. The fraction of sp³-hybridized carbons (Fsp3) is 0.750. The summed E-state index contributed by atoms with van der Waals surface area (Å²) < 4.78 is 4.97. The number of aliphatic carboxylic acids is 1. The van der Waals surface area contributed by atoms with E-state index in [0.29, 0.717) is 6.54 Å². The molecule has 0 bridgehead atoms. The molecule has 14 heavy (non-hydrogen) atoms. The van der Waals surface area contributed by atoms with Crippen molar-refractivity contribution in [2.75, 3.05) is 19.7 Å². The number of carboxylic acids is 1. The van der Waals surface area contributed by atoms with Gasteiger partial charge in [-0.3, -0.25) is 4.79 Å². The first kappa shape index (κ1) is 10.9. The SMILES string of the molecule is C[C@H](N)C(=O)N1CCOC(C(=O)O)C1. The molecular weight excluding hydrogens is 188 g/mol. The van der Waals surface area contributed by atoms with Gasteiger partial charge in [0.25, 0.3) is 0 Å². The number of hydrogen-bond acceptors (Lipinski definition) is 4. The molecule has 6 nitrogen and oxygen atoms in total. The number of rotatable bonds is 2. The van der Waals surface area contributed by atoms with Crippen LogP contribution in [0.5, 0.6) is 0 Å². The van der Waals surface area contributed by atoms with Crippen molar-refractivity contribution in [3.05, 3.63) is 0 Å². The summed E-state index contributed by atoms with van der Waals surface area (Å²) in [6.45, 7) is 2.31. The van der Waals surface area contributed by atoms with Gasteiger partial charge in [-0.25, -0.2) is 4.79 Å². The first-order chi connectivity index (χ1) is 6.52. The van der Waals surface area contributed by atoms with Crippen LogP contribution in [0, 0.1) is 0 Å². The Morgan fingerprint density at radius 2 is 2.29 bits per heavy atom. The molecule has 0 aromatic heterocycles. The first-order valence-corrected chi connectivity index (χ1v) is 4.41. The second-order valence-corrected chi connectivity index (χ2v) is 3.27. The molecule has 0 spiro atoms. The second-order valence-electron chi connectivity index (χ2n) is 3.27.